The zero-order valence-electron chi connectivity index (χ0n) is 24.7. The molecule has 1 atom stereocenters. The molecule has 0 saturated heterocycles. The minimum absolute atomic E-state index is 0.131. The van der Waals surface area contributed by atoms with Crippen molar-refractivity contribution >= 4 is 14.8 Å². The first-order valence-corrected chi connectivity index (χ1v) is 18.3. The van der Waals surface area contributed by atoms with Gasteiger partial charge in [0.15, 0.2) is 11.5 Å². The number of ether oxygens (including phenoxy) is 3. The van der Waals surface area contributed by atoms with Crippen LogP contribution >= 0.6 is 0 Å². The molecule has 0 amide bonds. The first-order valence-electron chi connectivity index (χ1n) is 15.2. The van der Waals surface area contributed by atoms with Crippen LogP contribution in [0.1, 0.15) is 107 Å². The highest BCUT2D eigenvalue weighted by Gasteiger charge is 2.23. The minimum atomic E-state index is -0.577. The molecule has 1 unspecified atom stereocenters. The average molecular weight is 541 g/mol. The van der Waals surface area contributed by atoms with Gasteiger partial charge >= 0.3 is 5.97 Å². The molecular formula is C33H52O4Si. The molecule has 0 aromatic heterocycles. The molecule has 0 aliphatic heterocycles. The Labute approximate surface area is 234 Å². The van der Waals surface area contributed by atoms with E-state index in [1.807, 2.05) is 24.3 Å². The van der Waals surface area contributed by atoms with E-state index >= 15 is 0 Å². The van der Waals surface area contributed by atoms with Crippen molar-refractivity contribution in [3.8, 4) is 17.2 Å². The molecule has 0 spiro atoms. The number of hydrogen-bond acceptors (Lipinski definition) is 4. The number of unbranched alkanes of at least 4 members (excludes halogenated alkanes) is 5. The summed E-state index contributed by atoms with van der Waals surface area (Å²) in [5.74, 6) is 1.45. The standard InChI is InChI=1S/C33H52O4Si/c1-6-9-11-15-22-29(18-8-3)36-31-27(19-10-7-2)23-24-30(32(31)35-25-16-17-26-38(4)5)37-33(34)28-20-13-12-14-21-28/h12-14,20-21,23-24,29,38H,6-11,15-19,22,25-26H2,1-5H3. The molecule has 0 aliphatic carbocycles. The third kappa shape index (κ3) is 11.6. The second-order valence-corrected chi connectivity index (χ2v) is 14.2. The van der Waals surface area contributed by atoms with Crippen molar-refractivity contribution in [2.45, 2.75) is 123 Å². The van der Waals surface area contributed by atoms with Crippen molar-refractivity contribution in [1.82, 2.24) is 0 Å². The van der Waals surface area contributed by atoms with Gasteiger partial charge in [-0.25, -0.2) is 4.79 Å². The number of benzene rings is 2. The highest BCUT2D eigenvalue weighted by molar-refractivity contribution is 6.55. The fourth-order valence-electron chi connectivity index (χ4n) is 4.61. The summed E-state index contributed by atoms with van der Waals surface area (Å²) in [5.41, 5.74) is 1.67. The largest absolute Gasteiger partial charge is 0.486 e. The maximum Gasteiger partial charge on any atom is 0.343 e. The molecule has 0 bridgehead atoms. The Hall–Kier alpha value is -2.27. The van der Waals surface area contributed by atoms with Crippen molar-refractivity contribution in [2.75, 3.05) is 6.61 Å². The summed E-state index contributed by atoms with van der Waals surface area (Å²) >= 11 is 0. The quantitative estimate of drug-likeness (QED) is 0.0726. The molecule has 4 nitrogen and oxygen atoms in total. The van der Waals surface area contributed by atoms with Crippen LogP contribution in [-0.4, -0.2) is 27.5 Å². The highest BCUT2D eigenvalue weighted by Crippen LogP contribution is 2.43. The highest BCUT2D eigenvalue weighted by atomic mass is 28.3. The van der Waals surface area contributed by atoms with Gasteiger partial charge in [0.05, 0.1) is 18.3 Å². The van der Waals surface area contributed by atoms with Gasteiger partial charge in [-0.1, -0.05) is 103 Å². The average Bonchev–Trinajstić information content (AvgIpc) is 2.91. The van der Waals surface area contributed by atoms with Gasteiger partial charge in [0.25, 0.3) is 0 Å². The third-order valence-corrected chi connectivity index (χ3v) is 8.43. The van der Waals surface area contributed by atoms with Crippen molar-refractivity contribution in [2.24, 2.45) is 0 Å². The molecule has 212 valence electrons. The van der Waals surface area contributed by atoms with Gasteiger partial charge in [-0.15, -0.1) is 0 Å². The van der Waals surface area contributed by atoms with Crippen LogP contribution in [0.15, 0.2) is 42.5 Å². The molecule has 2 rings (SSSR count). The Bertz CT molecular complexity index is 913. The number of aryl methyl sites for hydroxylation is 1. The Morgan fingerprint density at radius 1 is 0.789 bits per heavy atom. The molecule has 38 heavy (non-hydrogen) atoms. The van der Waals surface area contributed by atoms with E-state index in [0.717, 1.165) is 56.3 Å². The number of carbonyl (C=O) groups excluding carboxylic acids is 1. The van der Waals surface area contributed by atoms with Crippen LogP contribution in [0.5, 0.6) is 17.2 Å². The predicted octanol–water partition coefficient (Wildman–Crippen LogP) is 9.41. The fourth-order valence-corrected chi connectivity index (χ4v) is 5.71. The summed E-state index contributed by atoms with van der Waals surface area (Å²) in [6.45, 7) is 12.0. The van der Waals surface area contributed by atoms with Gasteiger partial charge in [-0.2, -0.15) is 0 Å². The van der Waals surface area contributed by atoms with Gasteiger partial charge in [-0.3, -0.25) is 0 Å². The number of hydrogen-bond donors (Lipinski definition) is 0. The molecule has 0 saturated carbocycles. The SMILES string of the molecule is CCCCCCC(CCC)Oc1c(CCCC)ccc(OC(=O)c2ccccc2)c1OCCCC[SiH](C)C. The maximum atomic E-state index is 13.0. The Kier molecular flexibility index (Phi) is 15.9. The lowest BCUT2D eigenvalue weighted by atomic mass is 10.0. The lowest BCUT2D eigenvalue weighted by Crippen LogP contribution is -2.19. The summed E-state index contributed by atoms with van der Waals surface area (Å²) in [5, 5.41) is 0. The van der Waals surface area contributed by atoms with Crippen LogP contribution in [0.25, 0.3) is 0 Å². The normalized spacial score (nSPS) is 11.9. The van der Waals surface area contributed by atoms with Crippen molar-refractivity contribution in [3.63, 3.8) is 0 Å². The molecule has 0 aliphatic rings. The second-order valence-electron chi connectivity index (χ2n) is 10.9. The van der Waals surface area contributed by atoms with Crippen molar-refractivity contribution in [1.29, 1.82) is 0 Å². The molecule has 2 aromatic rings. The monoisotopic (exact) mass is 540 g/mol. The third-order valence-electron chi connectivity index (χ3n) is 6.87. The van der Waals surface area contributed by atoms with Gasteiger partial charge in [0, 0.05) is 8.80 Å². The van der Waals surface area contributed by atoms with E-state index in [1.54, 1.807) is 12.1 Å². The van der Waals surface area contributed by atoms with Crippen LogP contribution < -0.4 is 14.2 Å². The van der Waals surface area contributed by atoms with Crippen LogP contribution in [0.4, 0.5) is 0 Å². The molecule has 0 radical (unpaired) electrons. The van der Waals surface area contributed by atoms with Crippen molar-refractivity contribution in [3.05, 3.63) is 53.6 Å². The Morgan fingerprint density at radius 2 is 1.55 bits per heavy atom. The smallest absolute Gasteiger partial charge is 0.343 e. The number of rotatable bonds is 20. The minimum Gasteiger partial charge on any atom is -0.486 e. The maximum absolute atomic E-state index is 13.0. The zero-order chi connectivity index (χ0) is 27.6. The lowest BCUT2D eigenvalue weighted by Gasteiger charge is -2.24. The number of carbonyl (C=O) groups is 1. The summed E-state index contributed by atoms with van der Waals surface area (Å²) in [7, 11) is -0.577. The van der Waals surface area contributed by atoms with E-state index in [4.69, 9.17) is 14.2 Å². The van der Waals surface area contributed by atoms with E-state index in [0.29, 0.717) is 23.7 Å². The first-order chi connectivity index (χ1) is 18.5. The van der Waals surface area contributed by atoms with Crippen LogP contribution in [0, 0.1) is 0 Å². The second kappa shape index (κ2) is 18.9. The topological polar surface area (TPSA) is 44.8 Å². The first kappa shape index (κ1) is 31.9. The molecule has 0 heterocycles. The molecule has 0 fully saturated rings. The van der Waals surface area contributed by atoms with Crippen LogP contribution in [0.2, 0.25) is 19.1 Å². The Morgan fingerprint density at radius 3 is 2.24 bits per heavy atom. The number of esters is 1. The zero-order valence-corrected chi connectivity index (χ0v) is 25.9. The predicted molar refractivity (Wildman–Crippen MR) is 163 cm³/mol. The summed E-state index contributed by atoms with van der Waals surface area (Å²) in [6.07, 6.45) is 13.4. The summed E-state index contributed by atoms with van der Waals surface area (Å²) in [6, 6.07) is 14.4. The van der Waals surface area contributed by atoms with E-state index in [2.05, 4.69) is 39.9 Å². The van der Waals surface area contributed by atoms with E-state index in [-0.39, 0.29) is 12.1 Å². The van der Waals surface area contributed by atoms with Gasteiger partial charge in [0.1, 0.15) is 0 Å². The van der Waals surface area contributed by atoms with Crippen molar-refractivity contribution < 1.29 is 19.0 Å². The molecule has 5 heteroatoms. The van der Waals surface area contributed by atoms with E-state index < -0.39 is 8.80 Å². The Balaban J connectivity index is 2.38. The van der Waals surface area contributed by atoms with Crippen LogP contribution in [0.3, 0.4) is 0 Å². The lowest BCUT2D eigenvalue weighted by molar-refractivity contribution is 0.0725. The summed E-state index contributed by atoms with van der Waals surface area (Å²) in [4.78, 5) is 13.0. The molecular weight excluding hydrogens is 488 g/mol. The summed E-state index contributed by atoms with van der Waals surface area (Å²) < 4.78 is 19.2. The fraction of sp³-hybridized carbons (Fsp3) is 0.606. The van der Waals surface area contributed by atoms with E-state index in [1.165, 1.54) is 38.1 Å². The van der Waals surface area contributed by atoms with E-state index in [9.17, 15) is 4.79 Å². The van der Waals surface area contributed by atoms with Crippen LogP contribution in [-0.2, 0) is 6.42 Å². The molecule has 2 aromatic carbocycles. The van der Waals surface area contributed by atoms with Gasteiger partial charge < -0.3 is 14.2 Å². The molecule has 0 N–H and O–H groups in total. The van der Waals surface area contributed by atoms with Gasteiger partial charge in [0.2, 0.25) is 5.75 Å². The van der Waals surface area contributed by atoms with Gasteiger partial charge in [-0.05, 0) is 62.3 Å².